The first kappa shape index (κ1) is 17.8. The molecule has 2 aromatic rings. The van der Waals surface area contributed by atoms with Crippen LogP contribution in [0, 0.1) is 0 Å². The van der Waals surface area contributed by atoms with Gasteiger partial charge in [0.1, 0.15) is 11.4 Å². The van der Waals surface area contributed by atoms with Crippen molar-refractivity contribution in [1.82, 2.24) is 19.9 Å². The van der Waals surface area contributed by atoms with Crippen molar-refractivity contribution in [2.45, 2.75) is 50.4 Å². The average Bonchev–Trinajstić information content (AvgIpc) is 3.24. The predicted octanol–water partition coefficient (Wildman–Crippen LogP) is 2.83. The molecule has 8 nitrogen and oxygen atoms in total. The Kier molecular flexibility index (Phi) is 4.98. The molecule has 2 aliphatic rings. The van der Waals surface area contributed by atoms with Gasteiger partial charge in [-0.2, -0.15) is 0 Å². The van der Waals surface area contributed by atoms with Crippen molar-refractivity contribution < 1.29 is 14.3 Å². The van der Waals surface area contributed by atoms with E-state index in [1.807, 2.05) is 40.0 Å². The summed E-state index contributed by atoms with van der Waals surface area (Å²) >= 11 is 0. The van der Waals surface area contributed by atoms with Crippen LogP contribution in [0.1, 0.15) is 37.4 Å². The lowest BCUT2D eigenvalue weighted by molar-refractivity contribution is 0.129. The van der Waals surface area contributed by atoms with Crippen LogP contribution in [0.3, 0.4) is 0 Å². The summed E-state index contributed by atoms with van der Waals surface area (Å²) < 4.78 is 12.3. The highest BCUT2D eigenvalue weighted by Gasteiger charge is 2.44. The second kappa shape index (κ2) is 7.56. The number of piperidine rings is 1. The van der Waals surface area contributed by atoms with E-state index in [9.17, 15) is 4.79 Å². The number of benzene rings is 1. The van der Waals surface area contributed by atoms with Gasteiger partial charge in [-0.1, -0.05) is 11.3 Å². The van der Waals surface area contributed by atoms with Gasteiger partial charge in [0.05, 0.1) is 26.0 Å². The lowest BCUT2D eigenvalue weighted by Crippen LogP contribution is -2.48. The lowest BCUT2D eigenvalue weighted by Gasteiger charge is -2.38. The number of hydrogen-bond donors (Lipinski definition) is 1. The minimum atomic E-state index is -0.0344. The molecule has 8 heteroatoms. The van der Waals surface area contributed by atoms with Crippen LogP contribution in [0.15, 0.2) is 30.5 Å². The zero-order valence-electron chi connectivity index (χ0n) is 15.7. The Morgan fingerprint density at radius 3 is 2.70 bits per heavy atom. The van der Waals surface area contributed by atoms with Gasteiger partial charge in [-0.05, 0) is 37.8 Å². The van der Waals surface area contributed by atoms with E-state index in [4.69, 9.17) is 9.47 Å². The van der Waals surface area contributed by atoms with Crippen LogP contribution in [0.5, 0.6) is 5.75 Å². The van der Waals surface area contributed by atoms with Gasteiger partial charge in [-0.3, -0.25) is 0 Å². The van der Waals surface area contributed by atoms with Gasteiger partial charge in [0.2, 0.25) is 0 Å². The van der Waals surface area contributed by atoms with E-state index in [1.54, 1.807) is 14.2 Å². The van der Waals surface area contributed by atoms with Crippen molar-refractivity contribution in [3.8, 4) is 5.75 Å². The number of rotatable bonds is 5. The average molecular weight is 371 g/mol. The van der Waals surface area contributed by atoms with E-state index >= 15 is 0 Å². The third kappa shape index (κ3) is 3.62. The normalized spacial score (nSPS) is 24.1. The molecule has 2 amide bonds. The Hall–Kier alpha value is -2.61. The summed E-state index contributed by atoms with van der Waals surface area (Å²) in [6, 6.07) is 8.15. The van der Waals surface area contributed by atoms with Gasteiger partial charge in [-0.15, -0.1) is 5.10 Å². The molecule has 3 heterocycles. The highest BCUT2D eigenvalue weighted by Crippen LogP contribution is 2.41. The van der Waals surface area contributed by atoms with E-state index in [2.05, 4.69) is 15.6 Å². The number of urea groups is 1. The fourth-order valence-corrected chi connectivity index (χ4v) is 4.29. The van der Waals surface area contributed by atoms with Crippen molar-refractivity contribution in [2.24, 2.45) is 0 Å². The Morgan fingerprint density at radius 1 is 1.22 bits per heavy atom. The fraction of sp³-hybridized carbons (Fsp3) is 0.526. The first-order valence-electron chi connectivity index (χ1n) is 9.31. The van der Waals surface area contributed by atoms with Crippen LogP contribution >= 0.6 is 0 Å². The number of nitrogens with zero attached hydrogens (tertiary/aromatic N) is 4. The zero-order valence-corrected chi connectivity index (χ0v) is 15.7. The minimum Gasteiger partial charge on any atom is -0.497 e. The van der Waals surface area contributed by atoms with Gasteiger partial charge in [0.25, 0.3) is 0 Å². The van der Waals surface area contributed by atoms with E-state index in [0.29, 0.717) is 6.61 Å². The van der Waals surface area contributed by atoms with Crippen LogP contribution < -0.4 is 10.1 Å². The number of carbonyl (C=O) groups excluding carboxylic acids is 1. The molecule has 2 saturated heterocycles. The molecule has 1 aromatic heterocycles. The monoisotopic (exact) mass is 371 g/mol. The maximum absolute atomic E-state index is 12.9. The Bertz CT molecular complexity index is 794. The molecule has 2 atom stereocenters. The Labute approximate surface area is 158 Å². The highest BCUT2D eigenvalue weighted by atomic mass is 16.5. The third-order valence-electron chi connectivity index (χ3n) is 5.49. The molecule has 2 bridgehead atoms. The number of nitrogens with one attached hydrogen (secondary N) is 1. The molecular weight excluding hydrogens is 346 g/mol. The topological polar surface area (TPSA) is 81.5 Å². The number of hydrogen-bond acceptors (Lipinski definition) is 5. The number of anilines is 1. The molecule has 4 rings (SSSR count). The fourth-order valence-electron chi connectivity index (χ4n) is 4.29. The molecule has 2 unspecified atom stereocenters. The van der Waals surface area contributed by atoms with Crippen LogP contribution in [-0.4, -0.2) is 52.2 Å². The first-order chi connectivity index (χ1) is 13.2. The van der Waals surface area contributed by atoms with Crippen LogP contribution in [0.4, 0.5) is 10.5 Å². The Morgan fingerprint density at radius 2 is 2.00 bits per heavy atom. The van der Waals surface area contributed by atoms with Gasteiger partial charge in [-0.25, -0.2) is 9.48 Å². The lowest BCUT2D eigenvalue weighted by atomic mass is 9.98. The number of ether oxygens (including phenoxy) is 2. The summed E-state index contributed by atoms with van der Waals surface area (Å²) in [6.45, 7) is 0.467. The van der Waals surface area contributed by atoms with Crippen LogP contribution in [0.25, 0.3) is 0 Å². The van der Waals surface area contributed by atoms with Crippen molar-refractivity contribution in [3.63, 3.8) is 0 Å². The van der Waals surface area contributed by atoms with Crippen molar-refractivity contribution >= 4 is 11.7 Å². The van der Waals surface area contributed by atoms with E-state index in [1.165, 1.54) is 0 Å². The number of aromatic nitrogens is 3. The largest absolute Gasteiger partial charge is 0.497 e. The number of carbonyl (C=O) groups is 1. The maximum atomic E-state index is 12.9. The van der Waals surface area contributed by atoms with E-state index in [-0.39, 0.29) is 24.2 Å². The van der Waals surface area contributed by atoms with Gasteiger partial charge in [0.15, 0.2) is 0 Å². The molecule has 144 valence electrons. The molecule has 2 aliphatic heterocycles. The number of methoxy groups -OCH3 is 2. The standard InChI is InChI=1S/C19H25N5O3/c1-26-12-14-11-23(22-21-14)17-9-15-6-7-16(10-17)24(15)19(25)20-13-4-3-5-18(8-13)27-2/h3-5,8,11,15-17H,6-7,9-10,12H2,1-2H3,(H,20,25). The third-order valence-corrected chi connectivity index (χ3v) is 5.49. The summed E-state index contributed by atoms with van der Waals surface area (Å²) in [7, 11) is 3.27. The molecule has 1 aromatic carbocycles. The summed E-state index contributed by atoms with van der Waals surface area (Å²) in [6.07, 6.45) is 5.83. The summed E-state index contributed by atoms with van der Waals surface area (Å²) in [5, 5.41) is 11.4. The zero-order chi connectivity index (χ0) is 18.8. The van der Waals surface area contributed by atoms with E-state index < -0.39 is 0 Å². The summed E-state index contributed by atoms with van der Waals surface area (Å²) in [4.78, 5) is 14.9. The second-order valence-corrected chi connectivity index (χ2v) is 7.20. The quantitative estimate of drug-likeness (QED) is 0.874. The molecule has 0 saturated carbocycles. The summed E-state index contributed by atoms with van der Waals surface area (Å²) in [5.41, 5.74) is 1.59. The molecule has 1 N–H and O–H groups in total. The van der Waals surface area contributed by atoms with Gasteiger partial charge in [0, 0.05) is 30.9 Å². The molecular formula is C19H25N5O3. The van der Waals surface area contributed by atoms with Crippen molar-refractivity contribution in [1.29, 1.82) is 0 Å². The molecule has 0 spiro atoms. The Balaban J connectivity index is 1.43. The van der Waals surface area contributed by atoms with Crippen LogP contribution in [0.2, 0.25) is 0 Å². The molecule has 27 heavy (non-hydrogen) atoms. The molecule has 2 fully saturated rings. The van der Waals surface area contributed by atoms with Gasteiger partial charge < -0.3 is 19.7 Å². The number of amides is 2. The molecule has 0 aliphatic carbocycles. The van der Waals surface area contributed by atoms with Crippen LogP contribution in [-0.2, 0) is 11.3 Å². The smallest absolute Gasteiger partial charge is 0.322 e. The highest BCUT2D eigenvalue weighted by molar-refractivity contribution is 5.90. The van der Waals surface area contributed by atoms with Crippen molar-refractivity contribution in [2.75, 3.05) is 19.5 Å². The SMILES string of the molecule is COCc1cn(C2CC3CCC(C2)N3C(=O)Nc2cccc(OC)c2)nn1. The first-order valence-corrected chi connectivity index (χ1v) is 9.31. The maximum Gasteiger partial charge on any atom is 0.322 e. The second-order valence-electron chi connectivity index (χ2n) is 7.20. The van der Waals surface area contributed by atoms with Crippen molar-refractivity contribution in [3.05, 3.63) is 36.2 Å². The molecule has 0 radical (unpaired) electrons. The summed E-state index contributed by atoms with van der Waals surface area (Å²) in [5.74, 6) is 0.729. The van der Waals surface area contributed by atoms with Gasteiger partial charge >= 0.3 is 6.03 Å². The number of fused-ring (bicyclic) bond motifs is 2. The predicted molar refractivity (Wildman–Crippen MR) is 99.7 cm³/mol. The van der Waals surface area contributed by atoms with E-state index in [0.717, 1.165) is 42.8 Å². The minimum absolute atomic E-state index is 0.0344.